The Labute approximate surface area is 322 Å². The molecule has 0 saturated heterocycles. The molecule has 4 rings (SSSR count). The molecule has 0 fully saturated rings. The van der Waals surface area contributed by atoms with Crippen LogP contribution in [0.15, 0.2) is 72.8 Å². The van der Waals surface area contributed by atoms with Crippen LogP contribution in [-0.4, -0.2) is 136 Å². The van der Waals surface area contributed by atoms with Crippen LogP contribution in [0.25, 0.3) is 11.1 Å². The van der Waals surface area contributed by atoms with Gasteiger partial charge in [0.15, 0.2) is 0 Å². The fourth-order valence-corrected chi connectivity index (χ4v) is 5.54. The number of alkyl carbamates (subject to hydrolysis) is 1. The number of nitro groups is 1. The third-order valence-electron chi connectivity index (χ3n) is 8.23. The highest BCUT2D eigenvalue weighted by atomic mass is 16.6. The van der Waals surface area contributed by atoms with Gasteiger partial charge in [-0.25, -0.2) is 4.79 Å². The van der Waals surface area contributed by atoms with Crippen LogP contribution >= 0.6 is 0 Å². The highest BCUT2D eigenvalue weighted by Gasteiger charge is 2.28. The number of ether oxygens (including phenoxy) is 10. The Kier molecular flexibility index (Phi) is 21.7. The van der Waals surface area contributed by atoms with Gasteiger partial charge < -0.3 is 52.7 Å². The van der Waals surface area contributed by atoms with Gasteiger partial charge >= 0.3 is 6.09 Å². The molecule has 0 bridgehead atoms. The average Bonchev–Trinajstić information content (AvgIpc) is 3.53. The molecule has 1 amide bonds. The summed E-state index contributed by atoms with van der Waals surface area (Å²) in [5, 5.41) is 13.5. The highest BCUT2D eigenvalue weighted by Crippen LogP contribution is 2.44. The summed E-state index contributed by atoms with van der Waals surface area (Å²) in [4.78, 5) is 22.5. The molecule has 15 nitrogen and oxygen atoms in total. The average molecular weight is 771 g/mol. The summed E-state index contributed by atoms with van der Waals surface area (Å²) in [6, 6.07) is 22.4. The Morgan fingerprint density at radius 1 is 0.545 bits per heavy atom. The van der Waals surface area contributed by atoms with Crippen molar-refractivity contribution in [3.63, 3.8) is 0 Å². The van der Waals surface area contributed by atoms with Gasteiger partial charge in [0, 0.05) is 31.2 Å². The van der Waals surface area contributed by atoms with E-state index in [0.29, 0.717) is 138 Å². The predicted octanol–water partition coefficient (Wildman–Crippen LogP) is 5.04. The van der Waals surface area contributed by atoms with Crippen LogP contribution in [0.2, 0.25) is 0 Å². The first kappa shape index (κ1) is 43.5. The lowest BCUT2D eigenvalue weighted by atomic mass is 9.98. The molecule has 0 heterocycles. The number of amides is 1. The predicted molar refractivity (Wildman–Crippen MR) is 203 cm³/mol. The van der Waals surface area contributed by atoms with E-state index >= 15 is 0 Å². The fourth-order valence-electron chi connectivity index (χ4n) is 5.54. The summed E-state index contributed by atoms with van der Waals surface area (Å²) in [6.45, 7) is 8.50. The lowest BCUT2D eigenvalue weighted by Crippen LogP contribution is -2.27. The van der Waals surface area contributed by atoms with E-state index in [9.17, 15) is 14.9 Å². The molecule has 1 aliphatic rings. The van der Waals surface area contributed by atoms with E-state index in [1.807, 2.05) is 24.3 Å². The lowest BCUT2D eigenvalue weighted by molar-refractivity contribution is -0.384. The number of nitrogens with one attached hydrogen (secondary N) is 1. The number of hydrogen-bond acceptors (Lipinski definition) is 13. The van der Waals surface area contributed by atoms with Gasteiger partial charge in [0.1, 0.15) is 19.0 Å². The van der Waals surface area contributed by atoms with Crippen LogP contribution in [0.5, 0.6) is 5.75 Å². The molecule has 0 aliphatic heterocycles. The molecule has 3 aromatic rings. The molecule has 15 heteroatoms. The van der Waals surface area contributed by atoms with Crippen LogP contribution in [0.3, 0.4) is 0 Å². The zero-order valence-electron chi connectivity index (χ0n) is 31.4. The molecule has 1 N–H and O–H groups in total. The minimum Gasteiger partial charge on any atom is -0.491 e. The number of nitrogens with zero attached hydrogens (tertiary/aromatic N) is 1. The number of carbonyl (C=O) groups is 1. The third-order valence-corrected chi connectivity index (χ3v) is 8.23. The van der Waals surface area contributed by atoms with Crippen molar-refractivity contribution in [3.8, 4) is 16.9 Å². The molecule has 302 valence electrons. The summed E-state index contributed by atoms with van der Waals surface area (Å²) in [5.41, 5.74) is 4.81. The number of non-ortho nitro benzene ring substituents is 1. The Morgan fingerprint density at radius 3 is 1.38 bits per heavy atom. The Morgan fingerprint density at radius 2 is 0.945 bits per heavy atom. The fraction of sp³-hybridized carbons (Fsp3) is 0.525. The van der Waals surface area contributed by atoms with Crippen molar-refractivity contribution >= 4 is 11.8 Å². The molecule has 0 atom stereocenters. The largest absolute Gasteiger partial charge is 0.491 e. The molecule has 0 saturated carbocycles. The van der Waals surface area contributed by atoms with Gasteiger partial charge in [0.05, 0.1) is 104 Å². The highest BCUT2D eigenvalue weighted by molar-refractivity contribution is 5.79. The Hall–Kier alpha value is -4.19. The van der Waals surface area contributed by atoms with Crippen molar-refractivity contribution in [1.82, 2.24) is 5.32 Å². The van der Waals surface area contributed by atoms with E-state index < -0.39 is 11.0 Å². The van der Waals surface area contributed by atoms with Gasteiger partial charge in [-0.1, -0.05) is 48.5 Å². The molecule has 0 spiro atoms. The van der Waals surface area contributed by atoms with Crippen molar-refractivity contribution in [2.24, 2.45) is 0 Å². The summed E-state index contributed by atoms with van der Waals surface area (Å²) in [7, 11) is 0. The first-order valence-electron chi connectivity index (χ1n) is 18.7. The monoisotopic (exact) mass is 770 g/mol. The third kappa shape index (κ3) is 17.4. The Balaban J connectivity index is 0.802. The lowest BCUT2D eigenvalue weighted by Gasteiger charge is -2.14. The van der Waals surface area contributed by atoms with E-state index in [-0.39, 0.29) is 11.6 Å². The van der Waals surface area contributed by atoms with Crippen molar-refractivity contribution in [1.29, 1.82) is 0 Å². The second-order valence-electron chi connectivity index (χ2n) is 12.1. The molecule has 0 aromatic heterocycles. The zero-order chi connectivity index (χ0) is 38.6. The Bertz CT molecular complexity index is 1450. The molecular formula is C40H54N2O13. The molecule has 1 aliphatic carbocycles. The number of nitro benzene ring substituents is 1. The van der Waals surface area contributed by atoms with Gasteiger partial charge in [-0.2, -0.15) is 0 Å². The second kappa shape index (κ2) is 27.4. The minimum atomic E-state index is -0.453. The maximum Gasteiger partial charge on any atom is 0.407 e. The normalized spacial score (nSPS) is 12.0. The van der Waals surface area contributed by atoms with Gasteiger partial charge in [0.2, 0.25) is 0 Å². The first-order chi connectivity index (χ1) is 27.1. The van der Waals surface area contributed by atoms with Gasteiger partial charge in [-0.05, 0) is 40.8 Å². The van der Waals surface area contributed by atoms with Crippen molar-refractivity contribution < 1.29 is 57.1 Å². The van der Waals surface area contributed by atoms with Gasteiger partial charge in [-0.15, -0.1) is 0 Å². The first-order valence-corrected chi connectivity index (χ1v) is 18.7. The van der Waals surface area contributed by atoms with E-state index in [0.717, 1.165) is 0 Å². The number of fused-ring (bicyclic) bond motifs is 3. The molecule has 3 aromatic carbocycles. The van der Waals surface area contributed by atoms with Crippen LogP contribution in [0.1, 0.15) is 23.5 Å². The maximum atomic E-state index is 12.3. The minimum absolute atomic E-state index is 0.0222. The van der Waals surface area contributed by atoms with Crippen LogP contribution in [-0.2, 0) is 42.6 Å². The van der Waals surface area contributed by atoms with Crippen LogP contribution < -0.4 is 10.1 Å². The van der Waals surface area contributed by atoms with Crippen LogP contribution in [0, 0.1) is 10.1 Å². The molecule has 0 unspecified atom stereocenters. The number of carbonyl (C=O) groups excluding carboxylic acids is 1. The zero-order valence-corrected chi connectivity index (χ0v) is 31.4. The van der Waals surface area contributed by atoms with E-state index in [1.165, 1.54) is 34.4 Å². The number of rotatable bonds is 32. The summed E-state index contributed by atoms with van der Waals surface area (Å²) in [6.07, 6.45) is 0.255. The summed E-state index contributed by atoms with van der Waals surface area (Å²) < 4.78 is 55.0. The second-order valence-corrected chi connectivity index (χ2v) is 12.1. The topological polar surface area (TPSA) is 165 Å². The van der Waals surface area contributed by atoms with Crippen molar-refractivity contribution in [2.75, 3.05) is 125 Å². The maximum absolute atomic E-state index is 12.3. The SMILES string of the molecule is O=C(NCCCOCCOCCOCCOCCOCCOCCOCCOCCOc1ccc([N+](=O)[O-])cc1)OCC1c2ccccc2-c2ccccc21. The smallest absolute Gasteiger partial charge is 0.407 e. The van der Waals surface area contributed by atoms with E-state index in [2.05, 4.69) is 29.6 Å². The molecule has 0 radical (unpaired) electrons. The number of hydrogen-bond donors (Lipinski definition) is 1. The van der Waals surface area contributed by atoms with E-state index in [4.69, 9.17) is 47.4 Å². The van der Waals surface area contributed by atoms with Gasteiger partial charge in [-0.3, -0.25) is 10.1 Å². The van der Waals surface area contributed by atoms with E-state index in [1.54, 1.807) is 12.1 Å². The quantitative estimate of drug-likeness (QED) is 0.0511. The standard InChI is InChI=1S/C40H54N2O13/c43-40(55-32-39-37-8-3-1-6-35(37)36-7-2-4-9-38(36)39)41-14-5-15-46-16-17-47-18-19-48-20-21-49-22-23-50-24-25-51-26-27-52-28-29-53-30-31-54-34-12-10-33(11-13-34)42(44)45/h1-4,6-13,39H,5,14-32H2,(H,41,43). The molecule has 55 heavy (non-hydrogen) atoms. The van der Waals surface area contributed by atoms with Gasteiger partial charge in [0.25, 0.3) is 5.69 Å². The molecular weight excluding hydrogens is 716 g/mol. The van der Waals surface area contributed by atoms with Crippen LogP contribution in [0.4, 0.5) is 10.5 Å². The number of benzene rings is 3. The summed E-state index contributed by atoms with van der Waals surface area (Å²) >= 11 is 0. The van der Waals surface area contributed by atoms with Crippen molar-refractivity contribution in [2.45, 2.75) is 12.3 Å². The summed E-state index contributed by atoms with van der Waals surface area (Å²) in [5.74, 6) is 0.596. The van der Waals surface area contributed by atoms with Crippen molar-refractivity contribution in [3.05, 3.63) is 94.0 Å².